The lowest BCUT2D eigenvalue weighted by Gasteiger charge is -2.23. The summed E-state index contributed by atoms with van der Waals surface area (Å²) in [6.45, 7) is 1.30. The van der Waals surface area contributed by atoms with Gasteiger partial charge in [0.1, 0.15) is 13.2 Å². The van der Waals surface area contributed by atoms with Gasteiger partial charge in [0.25, 0.3) is 0 Å². The molecule has 0 atom stereocenters. The van der Waals surface area contributed by atoms with E-state index in [1.54, 1.807) is 0 Å². The molecule has 0 radical (unpaired) electrons. The van der Waals surface area contributed by atoms with E-state index in [0.717, 1.165) is 23.9 Å². The zero-order valence-electron chi connectivity index (χ0n) is 13.5. The zero-order valence-corrected chi connectivity index (χ0v) is 13.5. The molecular formula is C18H28NO2+. The van der Waals surface area contributed by atoms with Crippen molar-refractivity contribution in [2.75, 3.05) is 34.3 Å². The third-order valence-corrected chi connectivity index (χ3v) is 2.59. The molecule has 0 aromatic rings. The first-order valence-corrected chi connectivity index (χ1v) is 7.30. The van der Waals surface area contributed by atoms with Crippen LogP contribution in [0.2, 0.25) is 0 Å². The highest BCUT2D eigenvalue weighted by Gasteiger charge is 2.08. The van der Waals surface area contributed by atoms with Gasteiger partial charge in [-0.15, -0.1) is 12.3 Å². The molecule has 0 saturated carbocycles. The van der Waals surface area contributed by atoms with E-state index in [9.17, 15) is 4.79 Å². The van der Waals surface area contributed by atoms with Gasteiger partial charge < -0.3 is 9.22 Å². The molecule has 0 fully saturated rings. The van der Waals surface area contributed by atoms with E-state index in [4.69, 9.17) is 11.2 Å². The highest BCUT2D eigenvalue weighted by atomic mass is 16.5. The van der Waals surface area contributed by atoms with E-state index >= 15 is 0 Å². The van der Waals surface area contributed by atoms with Crippen LogP contribution in [0.1, 0.15) is 25.7 Å². The molecular weight excluding hydrogens is 262 g/mol. The van der Waals surface area contributed by atoms with E-state index in [0.29, 0.717) is 19.4 Å². The SMILES string of the molecule is C#CC/C=C\C/C=C\C/C=C\CC(=O)OCC[N+](C)(C)C. The summed E-state index contributed by atoms with van der Waals surface area (Å²) in [6.07, 6.45) is 19.9. The van der Waals surface area contributed by atoms with Crippen molar-refractivity contribution in [3.05, 3.63) is 36.5 Å². The maximum absolute atomic E-state index is 11.4. The van der Waals surface area contributed by atoms with Crippen LogP contribution in [-0.4, -0.2) is 44.7 Å². The van der Waals surface area contributed by atoms with E-state index in [1.165, 1.54) is 0 Å². The predicted octanol–water partition coefficient (Wildman–Crippen LogP) is 3.10. The van der Waals surface area contributed by atoms with Crippen molar-refractivity contribution in [3.8, 4) is 12.3 Å². The molecule has 0 aliphatic carbocycles. The Morgan fingerprint density at radius 1 is 1.05 bits per heavy atom. The summed E-state index contributed by atoms with van der Waals surface area (Å²) in [7, 11) is 6.21. The summed E-state index contributed by atoms with van der Waals surface area (Å²) in [5.74, 6) is 2.39. The van der Waals surface area contributed by atoms with E-state index in [2.05, 4.69) is 39.2 Å². The Kier molecular flexibility index (Phi) is 11.0. The number of likely N-dealkylation sites (N-methyl/N-ethyl adjacent to an activating group) is 1. The van der Waals surface area contributed by atoms with Gasteiger partial charge in [0.05, 0.1) is 27.6 Å². The van der Waals surface area contributed by atoms with Gasteiger partial charge in [0, 0.05) is 6.42 Å². The van der Waals surface area contributed by atoms with Crippen LogP contribution in [0.4, 0.5) is 0 Å². The molecule has 3 nitrogen and oxygen atoms in total. The van der Waals surface area contributed by atoms with E-state index in [-0.39, 0.29) is 5.97 Å². The number of rotatable bonds is 10. The Bertz CT molecular complexity index is 406. The first-order valence-electron chi connectivity index (χ1n) is 7.30. The van der Waals surface area contributed by atoms with Crippen molar-refractivity contribution in [1.82, 2.24) is 0 Å². The lowest BCUT2D eigenvalue weighted by Crippen LogP contribution is -2.37. The summed E-state index contributed by atoms with van der Waals surface area (Å²) in [6, 6.07) is 0. The van der Waals surface area contributed by atoms with Gasteiger partial charge in [0.2, 0.25) is 0 Å². The highest BCUT2D eigenvalue weighted by molar-refractivity contribution is 5.71. The minimum absolute atomic E-state index is 0.166. The van der Waals surface area contributed by atoms with Crippen LogP contribution in [0.15, 0.2) is 36.5 Å². The monoisotopic (exact) mass is 290 g/mol. The van der Waals surface area contributed by atoms with Crippen LogP contribution in [0.5, 0.6) is 0 Å². The first-order chi connectivity index (χ1) is 9.95. The largest absolute Gasteiger partial charge is 0.459 e. The van der Waals surface area contributed by atoms with Crippen molar-refractivity contribution in [2.45, 2.75) is 25.7 Å². The average Bonchev–Trinajstić information content (AvgIpc) is 2.39. The van der Waals surface area contributed by atoms with Gasteiger partial charge in [0.15, 0.2) is 0 Å². The number of hydrogen-bond acceptors (Lipinski definition) is 2. The number of terminal acetylenes is 1. The van der Waals surface area contributed by atoms with Crippen LogP contribution in [0.25, 0.3) is 0 Å². The first kappa shape index (κ1) is 19.2. The van der Waals surface area contributed by atoms with Gasteiger partial charge in [-0.3, -0.25) is 4.79 Å². The Balaban J connectivity index is 3.61. The molecule has 0 N–H and O–H groups in total. The van der Waals surface area contributed by atoms with E-state index < -0.39 is 0 Å². The lowest BCUT2D eigenvalue weighted by atomic mass is 10.2. The molecule has 21 heavy (non-hydrogen) atoms. The summed E-state index contributed by atoms with van der Waals surface area (Å²) in [4.78, 5) is 11.4. The van der Waals surface area contributed by atoms with E-state index in [1.807, 2.05) is 24.3 Å². The molecule has 116 valence electrons. The summed E-state index contributed by atoms with van der Waals surface area (Å²) in [5.41, 5.74) is 0. The number of quaternary nitrogens is 1. The fraction of sp³-hybridized carbons (Fsp3) is 0.500. The summed E-state index contributed by atoms with van der Waals surface area (Å²) < 4.78 is 5.95. The van der Waals surface area contributed by atoms with Gasteiger partial charge in [-0.2, -0.15) is 0 Å². The molecule has 0 spiro atoms. The Labute approximate surface area is 129 Å². The highest BCUT2D eigenvalue weighted by Crippen LogP contribution is 1.96. The molecule has 3 heteroatoms. The second kappa shape index (κ2) is 12.0. The van der Waals surface area contributed by atoms with Gasteiger partial charge in [-0.25, -0.2) is 0 Å². The Morgan fingerprint density at radius 2 is 1.62 bits per heavy atom. The normalized spacial score (nSPS) is 12.3. The smallest absolute Gasteiger partial charge is 0.309 e. The minimum Gasteiger partial charge on any atom is -0.459 e. The maximum Gasteiger partial charge on any atom is 0.309 e. The fourth-order valence-electron chi connectivity index (χ4n) is 1.37. The quantitative estimate of drug-likeness (QED) is 0.267. The summed E-state index contributed by atoms with van der Waals surface area (Å²) >= 11 is 0. The molecule has 0 rings (SSSR count). The Hall–Kier alpha value is -1.79. The average molecular weight is 290 g/mol. The second-order valence-corrected chi connectivity index (χ2v) is 5.73. The van der Waals surface area contributed by atoms with Crippen molar-refractivity contribution < 1.29 is 14.0 Å². The predicted molar refractivity (Wildman–Crippen MR) is 88.6 cm³/mol. The number of ether oxygens (including phenoxy) is 1. The second-order valence-electron chi connectivity index (χ2n) is 5.73. The molecule has 0 heterocycles. The number of allylic oxidation sites excluding steroid dienone is 5. The molecule has 0 unspecified atom stereocenters. The molecule has 0 saturated heterocycles. The number of hydrogen-bond donors (Lipinski definition) is 0. The van der Waals surface area contributed by atoms with Crippen LogP contribution in [0.3, 0.4) is 0 Å². The molecule has 0 aliphatic heterocycles. The van der Waals surface area contributed by atoms with Crippen molar-refractivity contribution >= 4 is 5.97 Å². The number of esters is 1. The third kappa shape index (κ3) is 16.2. The molecule has 0 aromatic heterocycles. The molecule has 0 amide bonds. The maximum atomic E-state index is 11.4. The zero-order chi connectivity index (χ0) is 16.0. The van der Waals surface area contributed by atoms with Gasteiger partial charge in [-0.1, -0.05) is 36.5 Å². The number of carbonyl (C=O) groups is 1. The van der Waals surface area contributed by atoms with Gasteiger partial charge in [-0.05, 0) is 12.8 Å². The standard InChI is InChI=1S/C18H28NO2/c1-5-6-7-8-9-10-11-12-13-14-15-18(20)21-17-16-19(2,3)4/h1,7-8,10-11,13-14H,6,9,12,15-17H2,2-4H3/q+1/b8-7-,11-10-,14-13-. The van der Waals surface area contributed by atoms with Gasteiger partial charge >= 0.3 is 5.97 Å². The molecule has 0 aromatic carbocycles. The van der Waals surface area contributed by atoms with Crippen molar-refractivity contribution in [3.63, 3.8) is 0 Å². The lowest BCUT2D eigenvalue weighted by molar-refractivity contribution is -0.870. The minimum atomic E-state index is -0.166. The van der Waals surface area contributed by atoms with Crippen LogP contribution in [-0.2, 0) is 9.53 Å². The van der Waals surface area contributed by atoms with Crippen LogP contribution >= 0.6 is 0 Å². The van der Waals surface area contributed by atoms with Crippen LogP contribution in [0, 0.1) is 12.3 Å². The van der Waals surface area contributed by atoms with Crippen LogP contribution < -0.4 is 0 Å². The van der Waals surface area contributed by atoms with Crippen molar-refractivity contribution in [2.24, 2.45) is 0 Å². The number of carbonyl (C=O) groups excluding carboxylic acids is 1. The molecule has 0 bridgehead atoms. The molecule has 0 aliphatic rings. The van der Waals surface area contributed by atoms with Crippen molar-refractivity contribution in [1.29, 1.82) is 0 Å². The fourth-order valence-corrected chi connectivity index (χ4v) is 1.37. The Morgan fingerprint density at radius 3 is 2.19 bits per heavy atom. The summed E-state index contributed by atoms with van der Waals surface area (Å²) in [5, 5.41) is 0. The third-order valence-electron chi connectivity index (χ3n) is 2.59. The number of nitrogens with zero attached hydrogens (tertiary/aromatic N) is 1. The topological polar surface area (TPSA) is 26.3 Å².